The van der Waals surface area contributed by atoms with E-state index in [1.54, 1.807) is 0 Å². The SMILES string of the molecule is c1ccc(-c2ccc(N(c3ccc(-c4ccccc4)cc3)c3cccc4c3cc(-c3ccccc3)n3ncc(-c5ccccc5)c43)cc2)cc1. The summed E-state index contributed by atoms with van der Waals surface area (Å²) < 4.78 is 2.11. The van der Waals surface area contributed by atoms with Crippen LogP contribution in [0.15, 0.2) is 200 Å². The summed E-state index contributed by atoms with van der Waals surface area (Å²) in [5.74, 6) is 0. The Balaban J connectivity index is 1.29. The van der Waals surface area contributed by atoms with Crippen LogP contribution in [-0.4, -0.2) is 9.61 Å². The molecule has 3 nitrogen and oxygen atoms in total. The summed E-state index contributed by atoms with van der Waals surface area (Å²) in [6.07, 6.45) is 2.01. The van der Waals surface area contributed by atoms with Gasteiger partial charge >= 0.3 is 0 Å². The summed E-state index contributed by atoms with van der Waals surface area (Å²) in [6.45, 7) is 0. The fraction of sp³-hybridized carbons (Fsp3) is 0. The minimum atomic E-state index is 1.04. The van der Waals surface area contributed by atoms with Gasteiger partial charge in [0, 0.05) is 33.3 Å². The normalized spacial score (nSPS) is 11.2. The van der Waals surface area contributed by atoms with Crippen LogP contribution in [0, 0.1) is 0 Å². The van der Waals surface area contributed by atoms with E-state index < -0.39 is 0 Å². The summed E-state index contributed by atoms with van der Waals surface area (Å²) in [4.78, 5) is 2.38. The first-order valence-corrected chi connectivity index (χ1v) is 17.0. The van der Waals surface area contributed by atoms with Crippen LogP contribution < -0.4 is 4.90 Å². The van der Waals surface area contributed by atoms with Crippen molar-refractivity contribution in [2.24, 2.45) is 0 Å². The molecule has 0 amide bonds. The Bertz CT molecular complexity index is 2460. The van der Waals surface area contributed by atoms with Crippen molar-refractivity contribution in [3.8, 4) is 44.6 Å². The molecule has 9 aromatic rings. The molecule has 0 bridgehead atoms. The Morgan fingerprint density at radius 3 is 1.36 bits per heavy atom. The minimum absolute atomic E-state index is 1.04. The van der Waals surface area contributed by atoms with Gasteiger partial charge in [-0.3, -0.25) is 0 Å². The summed E-state index contributed by atoms with van der Waals surface area (Å²) >= 11 is 0. The standard InChI is InChI=1S/C47H33N3/c1-5-14-34(15-6-1)36-24-28-40(29-25-36)49(41-30-26-37(27-31-41)35-16-7-2-8-17-35)45-23-13-22-42-43(45)32-46(39-20-11-4-12-21-39)50-47(42)44(33-48-50)38-18-9-3-10-19-38/h1-33H. The zero-order valence-corrected chi connectivity index (χ0v) is 27.4. The lowest BCUT2D eigenvalue weighted by Gasteiger charge is -2.28. The topological polar surface area (TPSA) is 20.5 Å². The number of fused-ring (bicyclic) bond motifs is 3. The van der Waals surface area contributed by atoms with Gasteiger partial charge in [-0.15, -0.1) is 0 Å². The molecule has 50 heavy (non-hydrogen) atoms. The van der Waals surface area contributed by atoms with Crippen molar-refractivity contribution in [1.82, 2.24) is 9.61 Å². The molecule has 3 heteroatoms. The largest absolute Gasteiger partial charge is 0.310 e. The predicted molar refractivity (Wildman–Crippen MR) is 209 cm³/mol. The number of benzene rings is 7. The highest BCUT2D eigenvalue weighted by atomic mass is 15.2. The Labute approximate surface area is 292 Å². The summed E-state index contributed by atoms with van der Waals surface area (Å²) in [5.41, 5.74) is 13.5. The average Bonchev–Trinajstić information content (AvgIpc) is 3.66. The Morgan fingerprint density at radius 1 is 0.380 bits per heavy atom. The van der Waals surface area contributed by atoms with Crippen molar-refractivity contribution in [2.45, 2.75) is 0 Å². The van der Waals surface area contributed by atoms with Crippen LogP contribution in [0.4, 0.5) is 17.1 Å². The van der Waals surface area contributed by atoms with Crippen LogP contribution >= 0.6 is 0 Å². The number of pyridine rings is 1. The molecule has 0 fully saturated rings. The molecule has 0 unspecified atom stereocenters. The average molecular weight is 640 g/mol. The molecule has 236 valence electrons. The molecular weight excluding hydrogens is 607 g/mol. The molecule has 0 aliphatic carbocycles. The Kier molecular flexibility index (Phi) is 7.49. The molecule has 0 saturated heterocycles. The van der Waals surface area contributed by atoms with E-state index in [-0.39, 0.29) is 0 Å². The molecule has 0 spiro atoms. The molecule has 0 atom stereocenters. The summed E-state index contributed by atoms with van der Waals surface area (Å²) in [5, 5.41) is 7.29. The number of hydrogen-bond donors (Lipinski definition) is 0. The molecule has 9 rings (SSSR count). The van der Waals surface area contributed by atoms with Crippen LogP contribution in [0.2, 0.25) is 0 Å². The third-order valence-electron chi connectivity index (χ3n) is 9.48. The number of nitrogens with zero attached hydrogens (tertiary/aromatic N) is 3. The maximum atomic E-state index is 4.99. The van der Waals surface area contributed by atoms with Gasteiger partial charge in [-0.05, 0) is 64.2 Å². The third-order valence-corrected chi connectivity index (χ3v) is 9.48. The molecular formula is C47H33N3. The lowest BCUT2D eigenvalue weighted by molar-refractivity contribution is 0.975. The molecule has 0 N–H and O–H groups in total. The zero-order valence-electron chi connectivity index (χ0n) is 27.4. The molecule has 0 aliphatic rings. The maximum absolute atomic E-state index is 4.99. The van der Waals surface area contributed by atoms with Crippen LogP contribution in [0.3, 0.4) is 0 Å². The van der Waals surface area contributed by atoms with E-state index in [0.717, 1.165) is 55.7 Å². The Morgan fingerprint density at radius 2 is 0.840 bits per heavy atom. The van der Waals surface area contributed by atoms with Gasteiger partial charge in [-0.1, -0.05) is 158 Å². The van der Waals surface area contributed by atoms with Crippen LogP contribution in [0.25, 0.3) is 60.9 Å². The molecule has 0 aliphatic heterocycles. The van der Waals surface area contributed by atoms with Crippen LogP contribution in [-0.2, 0) is 0 Å². The van der Waals surface area contributed by atoms with E-state index >= 15 is 0 Å². The van der Waals surface area contributed by atoms with Crippen molar-refractivity contribution < 1.29 is 0 Å². The first-order chi connectivity index (χ1) is 24.8. The van der Waals surface area contributed by atoms with Crippen LogP contribution in [0.1, 0.15) is 0 Å². The highest BCUT2D eigenvalue weighted by Gasteiger charge is 2.21. The van der Waals surface area contributed by atoms with E-state index in [9.17, 15) is 0 Å². The predicted octanol–water partition coefficient (Wildman–Crippen LogP) is 12.6. The van der Waals surface area contributed by atoms with Gasteiger partial charge in [0.15, 0.2) is 0 Å². The lowest BCUT2D eigenvalue weighted by Crippen LogP contribution is -2.11. The van der Waals surface area contributed by atoms with E-state index in [2.05, 4.69) is 204 Å². The highest BCUT2D eigenvalue weighted by molar-refractivity contribution is 6.11. The van der Waals surface area contributed by atoms with E-state index in [0.29, 0.717) is 0 Å². The second-order valence-electron chi connectivity index (χ2n) is 12.5. The summed E-state index contributed by atoms with van der Waals surface area (Å²) in [6, 6.07) is 69.0. The van der Waals surface area contributed by atoms with Gasteiger partial charge in [0.1, 0.15) is 0 Å². The molecule has 2 aromatic heterocycles. The van der Waals surface area contributed by atoms with Gasteiger partial charge in [0.25, 0.3) is 0 Å². The van der Waals surface area contributed by atoms with Gasteiger partial charge in [-0.2, -0.15) is 5.10 Å². The van der Waals surface area contributed by atoms with Crippen molar-refractivity contribution in [1.29, 1.82) is 0 Å². The fourth-order valence-corrected chi connectivity index (χ4v) is 7.03. The molecule has 0 saturated carbocycles. The van der Waals surface area contributed by atoms with Crippen molar-refractivity contribution in [2.75, 3.05) is 4.90 Å². The minimum Gasteiger partial charge on any atom is -0.310 e. The third kappa shape index (κ3) is 5.32. The lowest BCUT2D eigenvalue weighted by atomic mass is 9.99. The van der Waals surface area contributed by atoms with E-state index in [1.807, 2.05) is 6.20 Å². The zero-order chi connectivity index (χ0) is 33.3. The van der Waals surface area contributed by atoms with Crippen LogP contribution in [0.5, 0.6) is 0 Å². The fourth-order valence-electron chi connectivity index (χ4n) is 7.03. The van der Waals surface area contributed by atoms with E-state index in [1.165, 1.54) is 22.3 Å². The molecule has 7 aromatic carbocycles. The molecule has 0 radical (unpaired) electrons. The second-order valence-corrected chi connectivity index (χ2v) is 12.5. The monoisotopic (exact) mass is 639 g/mol. The number of hydrogen-bond acceptors (Lipinski definition) is 2. The second kappa shape index (κ2) is 12.7. The number of aromatic nitrogens is 2. The smallest absolute Gasteiger partial charge is 0.0826 e. The summed E-state index contributed by atoms with van der Waals surface area (Å²) in [7, 11) is 0. The van der Waals surface area contributed by atoms with E-state index in [4.69, 9.17) is 5.10 Å². The van der Waals surface area contributed by atoms with Gasteiger partial charge < -0.3 is 4.90 Å². The molecule has 2 heterocycles. The van der Waals surface area contributed by atoms with Gasteiger partial charge in [-0.25, -0.2) is 4.52 Å². The maximum Gasteiger partial charge on any atom is 0.0826 e. The van der Waals surface area contributed by atoms with Gasteiger partial charge in [0.05, 0.1) is 23.1 Å². The van der Waals surface area contributed by atoms with Crippen molar-refractivity contribution in [3.63, 3.8) is 0 Å². The quantitative estimate of drug-likeness (QED) is 0.173. The number of rotatable bonds is 7. The first kappa shape index (κ1) is 29.4. The highest BCUT2D eigenvalue weighted by Crippen LogP contribution is 2.43. The van der Waals surface area contributed by atoms with Crippen molar-refractivity contribution >= 4 is 33.4 Å². The Hall–Kier alpha value is -6.71. The number of anilines is 3. The van der Waals surface area contributed by atoms with Gasteiger partial charge in [0.2, 0.25) is 0 Å². The van der Waals surface area contributed by atoms with Crippen molar-refractivity contribution in [3.05, 3.63) is 200 Å². The first-order valence-electron chi connectivity index (χ1n) is 17.0.